The SMILES string of the molecule is O=Cc1cc(C=O)c2c(c1)CCC2. The second kappa shape index (κ2) is 3.13. The number of rotatable bonds is 2. The highest BCUT2D eigenvalue weighted by Crippen LogP contribution is 2.25. The van der Waals surface area contributed by atoms with Crippen LogP contribution in [0.15, 0.2) is 12.1 Å². The van der Waals surface area contributed by atoms with Crippen molar-refractivity contribution in [2.24, 2.45) is 0 Å². The molecule has 1 aliphatic rings. The highest BCUT2D eigenvalue weighted by Gasteiger charge is 2.15. The standard InChI is InChI=1S/C11H10O2/c12-6-8-4-9-2-1-3-11(9)10(5-8)7-13/h4-7H,1-3H2. The summed E-state index contributed by atoms with van der Waals surface area (Å²) in [5, 5.41) is 0. The maximum atomic E-state index is 10.7. The van der Waals surface area contributed by atoms with Gasteiger partial charge in [0.15, 0.2) is 0 Å². The van der Waals surface area contributed by atoms with Crippen LogP contribution in [0.3, 0.4) is 0 Å². The molecule has 0 N–H and O–H groups in total. The molecule has 0 heterocycles. The first-order valence-corrected chi connectivity index (χ1v) is 4.41. The van der Waals surface area contributed by atoms with Gasteiger partial charge in [0.1, 0.15) is 12.6 Å². The number of benzene rings is 1. The van der Waals surface area contributed by atoms with Gasteiger partial charge in [-0.3, -0.25) is 9.59 Å². The summed E-state index contributed by atoms with van der Waals surface area (Å²) in [7, 11) is 0. The van der Waals surface area contributed by atoms with E-state index in [0.29, 0.717) is 11.1 Å². The van der Waals surface area contributed by atoms with Crippen molar-refractivity contribution in [1.82, 2.24) is 0 Å². The molecule has 13 heavy (non-hydrogen) atoms. The van der Waals surface area contributed by atoms with Crippen molar-refractivity contribution in [1.29, 1.82) is 0 Å². The summed E-state index contributed by atoms with van der Waals surface area (Å²) in [5.41, 5.74) is 3.62. The first-order chi connectivity index (χ1) is 6.35. The second-order valence-corrected chi connectivity index (χ2v) is 3.34. The molecule has 0 aromatic heterocycles. The molecule has 1 aromatic rings. The highest BCUT2D eigenvalue weighted by atomic mass is 16.1. The van der Waals surface area contributed by atoms with Crippen molar-refractivity contribution in [2.75, 3.05) is 0 Å². The summed E-state index contributed by atoms with van der Waals surface area (Å²) >= 11 is 0. The third kappa shape index (κ3) is 1.28. The predicted octanol–water partition coefficient (Wildman–Crippen LogP) is 1.80. The van der Waals surface area contributed by atoms with E-state index in [1.54, 1.807) is 6.07 Å². The Morgan fingerprint density at radius 2 is 1.92 bits per heavy atom. The van der Waals surface area contributed by atoms with Gasteiger partial charge in [0, 0.05) is 11.1 Å². The van der Waals surface area contributed by atoms with Gasteiger partial charge in [0.05, 0.1) is 0 Å². The third-order valence-corrected chi connectivity index (χ3v) is 2.54. The fraction of sp³-hybridized carbons (Fsp3) is 0.273. The maximum Gasteiger partial charge on any atom is 0.150 e. The van der Waals surface area contributed by atoms with Crippen LogP contribution in [0.25, 0.3) is 0 Å². The zero-order valence-electron chi connectivity index (χ0n) is 7.25. The minimum Gasteiger partial charge on any atom is -0.298 e. The first-order valence-electron chi connectivity index (χ1n) is 4.41. The van der Waals surface area contributed by atoms with E-state index in [0.717, 1.165) is 37.4 Å². The summed E-state index contributed by atoms with van der Waals surface area (Å²) in [4.78, 5) is 21.3. The van der Waals surface area contributed by atoms with Gasteiger partial charge >= 0.3 is 0 Å². The molecule has 0 spiro atoms. The van der Waals surface area contributed by atoms with Gasteiger partial charge in [0.2, 0.25) is 0 Å². The summed E-state index contributed by atoms with van der Waals surface area (Å²) in [5.74, 6) is 0. The summed E-state index contributed by atoms with van der Waals surface area (Å²) < 4.78 is 0. The number of aryl methyl sites for hydroxylation is 1. The van der Waals surface area contributed by atoms with E-state index in [1.807, 2.05) is 6.07 Å². The van der Waals surface area contributed by atoms with Crippen molar-refractivity contribution in [3.63, 3.8) is 0 Å². The van der Waals surface area contributed by atoms with E-state index < -0.39 is 0 Å². The Balaban J connectivity index is 2.61. The van der Waals surface area contributed by atoms with E-state index >= 15 is 0 Å². The maximum absolute atomic E-state index is 10.7. The fourth-order valence-electron chi connectivity index (χ4n) is 1.94. The molecule has 1 aliphatic carbocycles. The molecule has 0 bridgehead atoms. The lowest BCUT2D eigenvalue weighted by atomic mass is 10.0. The van der Waals surface area contributed by atoms with Crippen LogP contribution in [0.1, 0.15) is 38.3 Å². The number of aldehydes is 2. The molecular formula is C11H10O2. The lowest BCUT2D eigenvalue weighted by Gasteiger charge is -2.03. The molecule has 2 heteroatoms. The van der Waals surface area contributed by atoms with Gasteiger partial charge < -0.3 is 0 Å². The zero-order valence-corrected chi connectivity index (χ0v) is 7.25. The number of carbonyl (C=O) groups excluding carboxylic acids is 2. The Morgan fingerprint density at radius 3 is 2.62 bits per heavy atom. The van der Waals surface area contributed by atoms with Gasteiger partial charge in [-0.25, -0.2) is 0 Å². The Hall–Kier alpha value is -1.44. The largest absolute Gasteiger partial charge is 0.298 e. The second-order valence-electron chi connectivity index (χ2n) is 3.34. The molecule has 0 unspecified atom stereocenters. The summed E-state index contributed by atoms with van der Waals surface area (Å²) in [6.07, 6.45) is 4.71. The van der Waals surface area contributed by atoms with Gasteiger partial charge in [-0.05, 0) is 42.5 Å². The fourth-order valence-corrected chi connectivity index (χ4v) is 1.94. The number of hydrogen-bond acceptors (Lipinski definition) is 2. The van der Waals surface area contributed by atoms with E-state index in [9.17, 15) is 9.59 Å². The third-order valence-electron chi connectivity index (χ3n) is 2.54. The molecule has 0 atom stereocenters. The normalized spacial score (nSPS) is 13.8. The molecule has 2 rings (SSSR count). The number of fused-ring (bicyclic) bond motifs is 1. The van der Waals surface area contributed by atoms with E-state index in [4.69, 9.17) is 0 Å². The topological polar surface area (TPSA) is 34.1 Å². The minimum absolute atomic E-state index is 0.614. The minimum atomic E-state index is 0.614. The lowest BCUT2D eigenvalue weighted by Crippen LogP contribution is -1.94. The van der Waals surface area contributed by atoms with E-state index in [2.05, 4.69) is 0 Å². The van der Waals surface area contributed by atoms with Crippen LogP contribution in [0.5, 0.6) is 0 Å². The molecule has 0 radical (unpaired) electrons. The average Bonchev–Trinajstić information content (AvgIpc) is 2.63. The highest BCUT2D eigenvalue weighted by molar-refractivity contribution is 5.84. The molecule has 2 nitrogen and oxygen atoms in total. The smallest absolute Gasteiger partial charge is 0.150 e. The molecule has 66 valence electrons. The Morgan fingerprint density at radius 1 is 1.08 bits per heavy atom. The van der Waals surface area contributed by atoms with Crippen molar-refractivity contribution in [3.05, 3.63) is 34.4 Å². The van der Waals surface area contributed by atoms with E-state index in [1.165, 1.54) is 5.56 Å². The molecule has 1 aromatic carbocycles. The van der Waals surface area contributed by atoms with Crippen LogP contribution in [-0.4, -0.2) is 12.6 Å². The predicted molar refractivity (Wildman–Crippen MR) is 49.2 cm³/mol. The lowest BCUT2D eigenvalue weighted by molar-refractivity contribution is 0.112. The molecule has 0 amide bonds. The van der Waals surface area contributed by atoms with Gasteiger partial charge in [0.25, 0.3) is 0 Å². The number of hydrogen-bond donors (Lipinski definition) is 0. The van der Waals surface area contributed by atoms with Crippen LogP contribution >= 0.6 is 0 Å². The molecule has 0 saturated carbocycles. The van der Waals surface area contributed by atoms with Crippen LogP contribution in [0.4, 0.5) is 0 Å². The van der Waals surface area contributed by atoms with Gasteiger partial charge in [-0.15, -0.1) is 0 Å². The first kappa shape index (κ1) is 8.17. The van der Waals surface area contributed by atoms with Crippen molar-refractivity contribution >= 4 is 12.6 Å². The quantitative estimate of drug-likeness (QED) is 0.640. The molecule has 0 saturated heterocycles. The monoisotopic (exact) mass is 174 g/mol. The Bertz CT molecular complexity index is 367. The molecule has 0 aliphatic heterocycles. The van der Waals surface area contributed by atoms with Crippen LogP contribution in [0.2, 0.25) is 0 Å². The summed E-state index contributed by atoms with van der Waals surface area (Å²) in [6, 6.07) is 3.56. The average molecular weight is 174 g/mol. The van der Waals surface area contributed by atoms with Crippen molar-refractivity contribution in [3.8, 4) is 0 Å². The Labute approximate surface area is 76.6 Å². The van der Waals surface area contributed by atoms with Gasteiger partial charge in [-0.1, -0.05) is 0 Å². The van der Waals surface area contributed by atoms with Gasteiger partial charge in [-0.2, -0.15) is 0 Å². The van der Waals surface area contributed by atoms with Crippen LogP contribution < -0.4 is 0 Å². The summed E-state index contributed by atoms with van der Waals surface area (Å²) in [6.45, 7) is 0. The van der Waals surface area contributed by atoms with Crippen molar-refractivity contribution in [2.45, 2.75) is 19.3 Å². The zero-order chi connectivity index (χ0) is 9.26. The Kier molecular flexibility index (Phi) is 1.97. The van der Waals surface area contributed by atoms with Crippen LogP contribution in [-0.2, 0) is 12.8 Å². The van der Waals surface area contributed by atoms with E-state index in [-0.39, 0.29) is 0 Å². The van der Waals surface area contributed by atoms with Crippen molar-refractivity contribution < 1.29 is 9.59 Å². The molecule has 0 fully saturated rings. The molecular weight excluding hydrogens is 164 g/mol. The number of carbonyl (C=O) groups is 2. The van der Waals surface area contributed by atoms with Crippen LogP contribution in [0, 0.1) is 0 Å².